The summed E-state index contributed by atoms with van der Waals surface area (Å²) in [4.78, 5) is 45.3. The van der Waals surface area contributed by atoms with Gasteiger partial charge in [0.2, 0.25) is 0 Å². The van der Waals surface area contributed by atoms with Crippen molar-refractivity contribution >= 4 is 17.1 Å². The number of hydrogen-bond acceptors (Lipinski definition) is 7. The molecule has 0 aromatic carbocycles. The van der Waals surface area contributed by atoms with Crippen molar-refractivity contribution in [2.24, 2.45) is 7.05 Å². The number of H-pyrrole nitrogens is 1. The average molecular weight is 417 g/mol. The molecule has 0 atom stereocenters. The molecule has 0 unspecified atom stereocenters. The molecule has 3 aromatic heterocycles. The number of unbranched alkanes of at least 4 members (excludes halogenated alkanes) is 1. The highest BCUT2D eigenvalue weighted by atomic mass is 16.5. The number of nitrogens with one attached hydrogen (secondary N) is 1. The molecule has 10 heteroatoms. The Morgan fingerprint density at radius 2 is 2.07 bits per heavy atom. The van der Waals surface area contributed by atoms with Gasteiger partial charge in [0.15, 0.2) is 11.2 Å². The molecule has 0 saturated heterocycles. The third kappa shape index (κ3) is 4.09. The van der Waals surface area contributed by atoms with Gasteiger partial charge in [0.05, 0.1) is 20.2 Å². The number of ether oxygens (including phenoxy) is 1. The Morgan fingerprint density at radius 1 is 1.33 bits per heavy atom. The van der Waals surface area contributed by atoms with Crippen LogP contribution in [-0.4, -0.2) is 44.1 Å². The molecule has 1 N–H and O–H groups in total. The highest BCUT2D eigenvalue weighted by Gasteiger charge is 2.19. The summed E-state index contributed by atoms with van der Waals surface area (Å²) in [6.45, 7) is 5.09. The number of hydrogen-bond donors (Lipinski definition) is 1. The number of aryl methyl sites for hydroxylation is 3. The maximum absolute atomic E-state index is 12.4. The predicted molar refractivity (Wildman–Crippen MR) is 110 cm³/mol. The van der Waals surface area contributed by atoms with E-state index in [-0.39, 0.29) is 0 Å². The van der Waals surface area contributed by atoms with E-state index in [2.05, 4.69) is 9.97 Å². The fourth-order valence-corrected chi connectivity index (χ4v) is 3.45. The van der Waals surface area contributed by atoms with Crippen molar-refractivity contribution in [2.75, 3.05) is 14.2 Å². The lowest BCUT2D eigenvalue weighted by molar-refractivity contribution is 0.0599. The molecule has 0 saturated carbocycles. The van der Waals surface area contributed by atoms with Gasteiger partial charge in [-0.15, -0.1) is 0 Å². The van der Waals surface area contributed by atoms with Crippen LogP contribution in [0.3, 0.4) is 0 Å². The Bertz CT molecular complexity index is 1180. The topological polar surface area (TPSA) is 115 Å². The lowest BCUT2D eigenvalue weighted by atomic mass is 10.2. The fraction of sp³-hybridized carbons (Fsp3) is 0.500. The molecule has 0 fully saturated rings. The van der Waals surface area contributed by atoms with Gasteiger partial charge in [0, 0.05) is 13.6 Å². The summed E-state index contributed by atoms with van der Waals surface area (Å²) < 4.78 is 13.6. The third-order valence-corrected chi connectivity index (χ3v) is 5.05. The molecule has 0 aliphatic rings. The lowest BCUT2D eigenvalue weighted by Gasteiger charge is -2.14. The maximum atomic E-state index is 12.4. The molecular formula is C20H27N5O5. The molecule has 30 heavy (non-hydrogen) atoms. The van der Waals surface area contributed by atoms with E-state index in [1.54, 1.807) is 24.6 Å². The van der Waals surface area contributed by atoms with Crippen molar-refractivity contribution in [3.05, 3.63) is 49.8 Å². The molecule has 3 heterocycles. The minimum absolute atomic E-state index is 0.371. The molecule has 0 aliphatic carbocycles. The van der Waals surface area contributed by atoms with Crippen LogP contribution < -0.4 is 11.2 Å². The molecule has 0 amide bonds. The Kier molecular flexibility index (Phi) is 6.25. The van der Waals surface area contributed by atoms with Gasteiger partial charge in [-0.05, 0) is 26.5 Å². The van der Waals surface area contributed by atoms with Gasteiger partial charge in [-0.2, -0.15) is 0 Å². The van der Waals surface area contributed by atoms with Crippen molar-refractivity contribution in [3.8, 4) is 0 Å². The molecule has 3 aromatic rings. The average Bonchev–Trinajstić information content (AvgIpc) is 3.21. The van der Waals surface area contributed by atoms with E-state index < -0.39 is 17.2 Å². The Labute approximate surface area is 173 Å². The number of fused-ring (bicyclic) bond motifs is 1. The second-order valence-electron chi connectivity index (χ2n) is 7.37. The van der Waals surface area contributed by atoms with Crippen molar-refractivity contribution in [1.82, 2.24) is 24.0 Å². The van der Waals surface area contributed by atoms with E-state index in [9.17, 15) is 14.4 Å². The highest BCUT2D eigenvalue weighted by molar-refractivity contribution is 5.90. The predicted octanol–water partition coefficient (Wildman–Crippen LogP) is 1.54. The molecule has 0 bridgehead atoms. The summed E-state index contributed by atoms with van der Waals surface area (Å²) in [6, 6.07) is 1.67. The third-order valence-electron chi connectivity index (χ3n) is 5.05. The van der Waals surface area contributed by atoms with Crippen LogP contribution in [0, 0.1) is 6.92 Å². The van der Waals surface area contributed by atoms with Crippen molar-refractivity contribution in [2.45, 2.75) is 46.3 Å². The zero-order valence-electron chi connectivity index (χ0n) is 17.9. The van der Waals surface area contributed by atoms with Crippen LogP contribution in [0.1, 0.15) is 47.5 Å². The number of furan rings is 1. The number of aromatic amines is 1. The molecule has 0 spiro atoms. The van der Waals surface area contributed by atoms with Crippen LogP contribution in [0.15, 0.2) is 20.1 Å². The van der Waals surface area contributed by atoms with Gasteiger partial charge in [-0.25, -0.2) is 14.6 Å². The molecular weight excluding hydrogens is 390 g/mol. The number of imidazole rings is 1. The normalized spacial score (nSPS) is 11.5. The smallest absolute Gasteiger partial charge is 0.341 e. The van der Waals surface area contributed by atoms with Crippen LogP contribution in [0.4, 0.5) is 0 Å². The van der Waals surface area contributed by atoms with Crippen LogP contribution in [-0.2, 0) is 31.4 Å². The van der Waals surface area contributed by atoms with Crippen molar-refractivity contribution < 1.29 is 13.9 Å². The molecule has 10 nitrogen and oxygen atoms in total. The van der Waals surface area contributed by atoms with E-state index in [1.165, 1.54) is 11.7 Å². The van der Waals surface area contributed by atoms with Crippen molar-refractivity contribution in [3.63, 3.8) is 0 Å². The Hall–Kier alpha value is -3.14. The van der Waals surface area contributed by atoms with Gasteiger partial charge in [-0.3, -0.25) is 19.2 Å². The summed E-state index contributed by atoms with van der Waals surface area (Å²) in [7, 11) is 4.96. The number of aromatic nitrogens is 4. The van der Waals surface area contributed by atoms with Gasteiger partial charge < -0.3 is 13.7 Å². The van der Waals surface area contributed by atoms with E-state index in [0.717, 1.165) is 12.8 Å². The standard InChI is InChI=1S/C20H27N5O5/c1-6-7-8-25-17-16(18(26)22-20(25)28)24(4)15(21-17)11-23(3)10-13-9-14(12(2)30-13)19(27)29-5/h9H,6-8,10-11H2,1-5H3,(H,22,26,28). The Morgan fingerprint density at radius 3 is 2.73 bits per heavy atom. The van der Waals surface area contributed by atoms with Crippen LogP contribution >= 0.6 is 0 Å². The quantitative estimate of drug-likeness (QED) is 0.553. The van der Waals surface area contributed by atoms with E-state index >= 15 is 0 Å². The van der Waals surface area contributed by atoms with Gasteiger partial charge in [0.25, 0.3) is 5.56 Å². The molecule has 3 rings (SSSR count). The minimum atomic E-state index is -0.448. The second-order valence-corrected chi connectivity index (χ2v) is 7.37. The first-order chi connectivity index (χ1) is 14.3. The SMILES string of the molecule is CCCCn1c(=O)[nH]c(=O)c2c1nc(CN(C)Cc1cc(C(=O)OC)c(C)o1)n2C. The second kappa shape index (κ2) is 8.70. The molecule has 0 aliphatic heterocycles. The van der Waals surface area contributed by atoms with E-state index in [0.29, 0.717) is 53.7 Å². The first-order valence-electron chi connectivity index (χ1n) is 9.81. The number of methoxy groups -OCH3 is 1. The zero-order chi connectivity index (χ0) is 22.0. The number of carbonyl (C=O) groups excluding carboxylic acids is 1. The Balaban J connectivity index is 1.88. The summed E-state index contributed by atoms with van der Waals surface area (Å²) in [5.41, 5.74) is 0.271. The summed E-state index contributed by atoms with van der Waals surface area (Å²) in [5, 5.41) is 0. The van der Waals surface area contributed by atoms with Crippen LogP contribution in [0.5, 0.6) is 0 Å². The summed E-state index contributed by atoms with van der Waals surface area (Å²) in [6.07, 6.45) is 1.73. The minimum Gasteiger partial charge on any atom is -0.465 e. The zero-order valence-corrected chi connectivity index (χ0v) is 17.9. The largest absolute Gasteiger partial charge is 0.465 e. The molecule has 162 valence electrons. The number of nitrogens with zero attached hydrogens (tertiary/aromatic N) is 4. The van der Waals surface area contributed by atoms with Crippen LogP contribution in [0.25, 0.3) is 11.2 Å². The van der Waals surface area contributed by atoms with Crippen molar-refractivity contribution in [1.29, 1.82) is 0 Å². The monoisotopic (exact) mass is 417 g/mol. The maximum Gasteiger partial charge on any atom is 0.341 e. The first kappa shape index (κ1) is 21.6. The fourth-order valence-electron chi connectivity index (χ4n) is 3.45. The van der Waals surface area contributed by atoms with E-state index in [1.807, 2.05) is 18.9 Å². The number of carbonyl (C=O) groups is 1. The number of esters is 1. The first-order valence-corrected chi connectivity index (χ1v) is 9.81. The van der Waals surface area contributed by atoms with Crippen LogP contribution in [0.2, 0.25) is 0 Å². The van der Waals surface area contributed by atoms with Gasteiger partial charge in [-0.1, -0.05) is 13.3 Å². The highest BCUT2D eigenvalue weighted by Crippen LogP contribution is 2.18. The summed E-state index contributed by atoms with van der Waals surface area (Å²) in [5.74, 6) is 1.32. The van der Waals surface area contributed by atoms with Gasteiger partial charge in [0.1, 0.15) is 22.9 Å². The lowest BCUT2D eigenvalue weighted by Crippen LogP contribution is -2.31. The molecule has 0 radical (unpaired) electrons. The number of rotatable bonds is 8. The van der Waals surface area contributed by atoms with E-state index in [4.69, 9.17) is 9.15 Å². The summed E-state index contributed by atoms with van der Waals surface area (Å²) >= 11 is 0. The van der Waals surface area contributed by atoms with Gasteiger partial charge >= 0.3 is 11.7 Å².